The van der Waals surface area contributed by atoms with Gasteiger partial charge in [0.15, 0.2) is 5.13 Å². The van der Waals surface area contributed by atoms with E-state index in [9.17, 15) is 9.59 Å². The predicted molar refractivity (Wildman–Crippen MR) is 74.8 cm³/mol. The van der Waals surface area contributed by atoms with Crippen LogP contribution in [0.5, 0.6) is 0 Å². The maximum absolute atomic E-state index is 12.0. The van der Waals surface area contributed by atoms with Crippen molar-refractivity contribution in [1.29, 1.82) is 0 Å². The Balaban J connectivity index is 2.29. The number of benzene rings is 1. The van der Waals surface area contributed by atoms with Crippen LogP contribution >= 0.6 is 11.3 Å². The first kappa shape index (κ1) is 13.3. The van der Waals surface area contributed by atoms with Gasteiger partial charge in [0.25, 0.3) is 5.91 Å². The summed E-state index contributed by atoms with van der Waals surface area (Å²) in [6.45, 7) is 3.10. The fraction of sp³-hybridized carbons (Fsp3) is 0.250. The molecule has 1 heterocycles. The molecule has 100 valence electrons. The second-order valence-corrected chi connectivity index (χ2v) is 5.74. The molecule has 7 heteroatoms. The SMILES string of the molecule is CC(C)(NC(=O)c1ccc2nc(N)sc2c1)C(N)=O. The number of nitrogens with one attached hydrogen (secondary N) is 1. The number of rotatable bonds is 3. The monoisotopic (exact) mass is 278 g/mol. The molecular formula is C12H14N4O2S. The Labute approximate surface area is 113 Å². The molecule has 0 fully saturated rings. The van der Waals surface area contributed by atoms with Gasteiger partial charge in [-0.1, -0.05) is 11.3 Å². The van der Waals surface area contributed by atoms with E-state index in [2.05, 4.69) is 10.3 Å². The minimum atomic E-state index is -1.10. The first-order valence-corrected chi connectivity index (χ1v) is 6.40. The number of carbonyl (C=O) groups is 2. The molecule has 0 aliphatic heterocycles. The van der Waals surface area contributed by atoms with Crippen LogP contribution in [0.2, 0.25) is 0 Å². The van der Waals surface area contributed by atoms with Crippen LogP contribution in [0.1, 0.15) is 24.2 Å². The molecular weight excluding hydrogens is 264 g/mol. The topological polar surface area (TPSA) is 111 Å². The molecule has 0 saturated carbocycles. The summed E-state index contributed by atoms with van der Waals surface area (Å²) in [4.78, 5) is 27.3. The first-order valence-electron chi connectivity index (χ1n) is 5.58. The van der Waals surface area contributed by atoms with Crippen LogP contribution in [0.4, 0.5) is 5.13 Å². The zero-order chi connectivity index (χ0) is 14.2. The molecule has 1 aromatic carbocycles. The molecule has 0 bridgehead atoms. The molecule has 0 unspecified atom stereocenters. The maximum Gasteiger partial charge on any atom is 0.252 e. The molecule has 0 aliphatic carbocycles. The minimum Gasteiger partial charge on any atom is -0.375 e. The van der Waals surface area contributed by atoms with Crippen molar-refractivity contribution in [2.75, 3.05) is 5.73 Å². The molecule has 0 aliphatic rings. The van der Waals surface area contributed by atoms with Gasteiger partial charge in [-0.25, -0.2) is 4.98 Å². The molecule has 2 aromatic rings. The number of amides is 2. The van der Waals surface area contributed by atoms with E-state index in [4.69, 9.17) is 11.5 Å². The van der Waals surface area contributed by atoms with Crippen molar-refractivity contribution in [3.8, 4) is 0 Å². The molecule has 2 amide bonds. The lowest BCUT2D eigenvalue weighted by Crippen LogP contribution is -2.52. The normalized spacial score (nSPS) is 11.5. The number of carbonyl (C=O) groups excluding carboxylic acids is 2. The van der Waals surface area contributed by atoms with Crippen molar-refractivity contribution in [2.45, 2.75) is 19.4 Å². The van der Waals surface area contributed by atoms with Gasteiger partial charge >= 0.3 is 0 Å². The number of aromatic nitrogens is 1. The summed E-state index contributed by atoms with van der Waals surface area (Å²) in [7, 11) is 0. The van der Waals surface area contributed by atoms with Crippen LogP contribution in [-0.2, 0) is 4.79 Å². The average molecular weight is 278 g/mol. The number of fused-ring (bicyclic) bond motifs is 1. The van der Waals surface area contributed by atoms with Gasteiger partial charge in [0.05, 0.1) is 10.2 Å². The van der Waals surface area contributed by atoms with E-state index < -0.39 is 11.4 Å². The largest absolute Gasteiger partial charge is 0.375 e. The predicted octanol–water partition coefficient (Wildman–Crippen LogP) is 0.872. The van der Waals surface area contributed by atoms with Gasteiger partial charge in [-0.05, 0) is 32.0 Å². The summed E-state index contributed by atoms with van der Waals surface area (Å²) >= 11 is 1.30. The second kappa shape index (κ2) is 4.51. The van der Waals surface area contributed by atoms with Gasteiger partial charge in [0, 0.05) is 5.56 Å². The Bertz CT molecular complexity index is 663. The van der Waals surface area contributed by atoms with E-state index in [1.807, 2.05) is 0 Å². The number of hydrogen-bond donors (Lipinski definition) is 3. The molecule has 0 spiro atoms. The van der Waals surface area contributed by atoms with Crippen molar-refractivity contribution >= 4 is 38.5 Å². The highest BCUT2D eigenvalue weighted by Gasteiger charge is 2.27. The van der Waals surface area contributed by atoms with Crippen LogP contribution < -0.4 is 16.8 Å². The number of anilines is 1. The Morgan fingerprint density at radius 2 is 2.05 bits per heavy atom. The van der Waals surface area contributed by atoms with Crippen molar-refractivity contribution < 1.29 is 9.59 Å². The maximum atomic E-state index is 12.0. The van der Waals surface area contributed by atoms with E-state index in [1.165, 1.54) is 11.3 Å². The summed E-state index contributed by atoms with van der Waals surface area (Å²) < 4.78 is 0.821. The van der Waals surface area contributed by atoms with Gasteiger partial charge < -0.3 is 16.8 Å². The third kappa shape index (κ3) is 2.65. The molecule has 0 atom stereocenters. The van der Waals surface area contributed by atoms with Crippen LogP contribution in [0.3, 0.4) is 0 Å². The highest BCUT2D eigenvalue weighted by Crippen LogP contribution is 2.24. The lowest BCUT2D eigenvalue weighted by atomic mass is 10.0. The number of nitrogen functional groups attached to an aromatic ring is 1. The molecule has 2 rings (SSSR count). The number of nitrogens with zero attached hydrogens (tertiary/aromatic N) is 1. The van der Waals surface area contributed by atoms with E-state index in [0.717, 1.165) is 10.2 Å². The van der Waals surface area contributed by atoms with Gasteiger partial charge in [-0.2, -0.15) is 0 Å². The third-order valence-electron chi connectivity index (χ3n) is 2.71. The zero-order valence-electron chi connectivity index (χ0n) is 10.6. The number of hydrogen-bond acceptors (Lipinski definition) is 5. The average Bonchev–Trinajstić information content (AvgIpc) is 2.66. The van der Waals surface area contributed by atoms with Crippen molar-refractivity contribution in [3.05, 3.63) is 23.8 Å². The van der Waals surface area contributed by atoms with E-state index in [0.29, 0.717) is 10.7 Å². The lowest BCUT2D eigenvalue weighted by Gasteiger charge is -2.22. The van der Waals surface area contributed by atoms with Crippen molar-refractivity contribution in [1.82, 2.24) is 10.3 Å². The van der Waals surface area contributed by atoms with Crippen LogP contribution in [0, 0.1) is 0 Å². The first-order chi connectivity index (χ1) is 8.79. The molecule has 0 radical (unpaired) electrons. The van der Waals surface area contributed by atoms with E-state index in [1.54, 1.807) is 32.0 Å². The fourth-order valence-corrected chi connectivity index (χ4v) is 2.27. The standard InChI is InChI=1S/C12H14N4O2S/c1-12(2,10(13)18)16-9(17)6-3-4-7-8(5-6)19-11(14)15-7/h3-5H,1-2H3,(H2,13,18)(H2,14,15)(H,16,17). The molecule has 19 heavy (non-hydrogen) atoms. The Hall–Kier alpha value is -2.15. The summed E-state index contributed by atoms with van der Waals surface area (Å²) in [5, 5.41) is 3.03. The van der Waals surface area contributed by atoms with Gasteiger partial charge in [-0.3, -0.25) is 9.59 Å². The van der Waals surface area contributed by atoms with Gasteiger partial charge in [0.2, 0.25) is 5.91 Å². The summed E-state index contributed by atoms with van der Waals surface area (Å²) in [5.74, 6) is -0.957. The molecule has 0 saturated heterocycles. The highest BCUT2D eigenvalue weighted by atomic mass is 32.1. The van der Waals surface area contributed by atoms with Crippen LogP contribution in [0.15, 0.2) is 18.2 Å². The number of primary amides is 1. The Morgan fingerprint density at radius 3 is 2.68 bits per heavy atom. The van der Waals surface area contributed by atoms with Crippen molar-refractivity contribution in [3.63, 3.8) is 0 Å². The third-order valence-corrected chi connectivity index (χ3v) is 3.56. The summed E-state index contributed by atoms with van der Waals surface area (Å²) in [5.41, 5.74) is 10.9. The quantitative estimate of drug-likeness (QED) is 0.773. The van der Waals surface area contributed by atoms with E-state index >= 15 is 0 Å². The van der Waals surface area contributed by atoms with Crippen LogP contribution in [0.25, 0.3) is 10.2 Å². The number of thiazole rings is 1. The molecule has 6 nitrogen and oxygen atoms in total. The summed E-state index contributed by atoms with van der Waals surface area (Å²) in [6, 6.07) is 5.04. The zero-order valence-corrected chi connectivity index (χ0v) is 11.4. The fourth-order valence-electron chi connectivity index (χ4n) is 1.50. The van der Waals surface area contributed by atoms with Gasteiger partial charge in [0.1, 0.15) is 5.54 Å². The van der Waals surface area contributed by atoms with Crippen LogP contribution in [-0.4, -0.2) is 22.3 Å². The van der Waals surface area contributed by atoms with Crippen molar-refractivity contribution in [2.24, 2.45) is 5.73 Å². The number of nitrogens with two attached hydrogens (primary N) is 2. The highest BCUT2D eigenvalue weighted by molar-refractivity contribution is 7.22. The summed E-state index contributed by atoms with van der Waals surface area (Å²) in [6.07, 6.45) is 0. The molecule has 1 aromatic heterocycles. The smallest absolute Gasteiger partial charge is 0.252 e. The van der Waals surface area contributed by atoms with Gasteiger partial charge in [-0.15, -0.1) is 0 Å². The van der Waals surface area contributed by atoms with E-state index in [-0.39, 0.29) is 5.91 Å². The Morgan fingerprint density at radius 1 is 1.37 bits per heavy atom. The Kier molecular flexibility index (Phi) is 3.15. The minimum absolute atomic E-state index is 0.363. The molecule has 5 N–H and O–H groups in total. The second-order valence-electron chi connectivity index (χ2n) is 4.68. The lowest BCUT2D eigenvalue weighted by molar-refractivity contribution is -0.122.